The van der Waals surface area contributed by atoms with E-state index in [4.69, 9.17) is 25.2 Å². The van der Waals surface area contributed by atoms with Crippen molar-refractivity contribution in [2.45, 2.75) is 20.0 Å². The van der Waals surface area contributed by atoms with Crippen LogP contribution >= 0.6 is 11.6 Å². The van der Waals surface area contributed by atoms with E-state index in [1.165, 1.54) is 11.6 Å². The number of nitrogens with zero attached hydrogens (tertiary/aromatic N) is 1. The number of hydrogen-bond donors (Lipinski definition) is 0. The predicted molar refractivity (Wildman–Crippen MR) is 135 cm³/mol. The Morgan fingerprint density at radius 1 is 0.914 bits per heavy atom. The molecule has 0 atom stereocenters. The molecule has 3 heterocycles. The lowest BCUT2D eigenvalue weighted by Gasteiger charge is -2.29. The first kappa shape index (κ1) is 21.6. The van der Waals surface area contributed by atoms with Crippen molar-refractivity contribution in [3.63, 3.8) is 0 Å². The first-order chi connectivity index (χ1) is 16.9. The van der Waals surface area contributed by atoms with Crippen LogP contribution in [-0.2, 0) is 13.1 Å². The first-order valence-electron chi connectivity index (χ1n) is 11.2. The van der Waals surface area contributed by atoms with Crippen molar-refractivity contribution in [2.75, 3.05) is 6.73 Å². The van der Waals surface area contributed by atoms with Crippen LogP contribution in [0.5, 0.6) is 5.75 Å². The van der Waals surface area contributed by atoms with E-state index in [9.17, 15) is 9.59 Å². The Balaban J connectivity index is 1.47. The van der Waals surface area contributed by atoms with Crippen LogP contribution in [0, 0.1) is 6.92 Å². The average molecular weight is 486 g/mol. The van der Waals surface area contributed by atoms with E-state index in [2.05, 4.69) is 36.1 Å². The van der Waals surface area contributed by atoms with Gasteiger partial charge in [0.2, 0.25) is 0 Å². The smallest absolute Gasteiger partial charge is 0.344 e. The first-order valence-corrected chi connectivity index (χ1v) is 11.6. The number of rotatable bonds is 3. The summed E-state index contributed by atoms with van der Waals surface area (Å²) >= 11 is 6.13. The molecule has 3 aromatic carbocycles. The topological polar surface area (TPSA) is 72.9 Å². The van der Waals surface area contributed by atoms with Crippen molar-refractivity contribution in [3.8, 4) is 16.9 Å². The lowest BCUT2D eigenvalue weighted by molar-refractivity contribution is 0.0890. The van der Waals surface area contributed by atoms with Crippen molar-refractivity contribution in [1.82, 2.24) is 4.90 Å². The highest BCUT2D eigenvalue weighted by Crippen LogP contribution is 2.36. The normalized spacial score (nSPS) is 13.7. The van der Waals surface area contributed by atoms with Crippen molar-refractivity contribution >= 4 is 33.5 Å². The molecule has 2 aromatic heterocycles. The number of hydrogen-bond acceptors (Lipinski definition) is 6. The second kappa shape index (κ2) is 8.41. The van der Waals surface area contributed by atoms with Gasteiger partial charge in [-0.3, -0.25) is 4.90 Å². The lowest BCUT2D eigenvalue weighted by Crippen LogP contribution is -2.31. The van der Waals surface area contributed by atoms with Crippen molar-refractivity contribution in [2.24, 2.45) is 0 Å². The van der Waals surface area contributed by atoms with E-state index in [1.54, 1.807) is 24.3 Å². The Morgan fingerprint density at radius 2 is 1.74 bits per heavy atom. The fourth-order valence-corrected chi connectivity index (χ4v) is 4.72. The summed E-state index contributed by atoms with van der Waals surface area (Å²) in [5, 5.41) is 1.83. The standard InChI is InChI=1S/C28H20ClNO5/c1-16-2-4-17(5-3-16)13-30-14-23-25(33-15-30)9-7-20-21(12-26(31)35-27(20)23)22-11-18-10-19(29)6-8-24(18)34-28(22)32/h2-12H,13-15H2,1H3. The summed E-state index contributed by atoms with van der Waals surface area (Å²) in [7, 11) is 0. The quantitative estimate of drug-likeness (QED) is 0.297. The van der Waals surface area contributed by atoms with Crippen LogP contribution in [0.25, 0.3) is 33.1 Å². The fourth-order valence-electron chi connectivity index (χ4n) is 4.54. The van der Waals surface area contributed by atoms with Gasteiger partial charge < -0.3 is 13.6 Å². The van der Waals surface area contributed by atoms with Crippen LogP contribution in [-0.4, -0.2) is 11.6 Å². The zero-order chi connectivity index (χ0) is 24.1. The van der Waals surface area contributed by atoms with Gasteiger partial charge in [0, 0.05) is 40.5 Å². The van der Waals surface area contributed by atoms with Gasteiger partial charge in [-0.15, -0.1) is 0 Å². The molecule has 0 spiro atoms. The maximum atomic E-state index is 12.9. The number of ether oxygens (including phenoxy) is 1. The predicted octanol–water partition coefficient (Wildman–Crippen LogP) is 5.88. The molecule has 0 fully saturated rings. The molecule has 6 nitrogen and oxygen atoms in total. The van der Waals surface area contributed by atoms with Crippen molar-refractivity contribution in [1.29, 1.82) is 0 Å². The highest BCUT2D eigenvalue weighted by Gasteiger charge is 2.24. The fraction of sp³-hybridized carbons (Fsp3) is 0.143. The molecule has 174 valence electrons. The van der Waals surface area contributed by atoms with Crippen LogP contribution in [0.2, 0.25) is 5.02 Å². The molecule has 0 N–H and O–H groups in total. The molecular weight excluding hydrogens is 466 g/mol. The van der Waals surface area contributed by atoms with Gasteiger partial charge in [0.05, 0.1) is 11.1 Å². The van der Waals surface area contributed by atoms with E-state index in [0.717, 1.165) is 11.1 Å². The molecule has 7 heteroatoms. The summed E-state index contributed by atoms with van der Waals surface area (Å²) < 4.78 is 17.2. The molecule has 0 saturated carbocycles. The monoisotopic (exact) mass is 485 g/mol. The van der Waals surface area contributed by atoms with Crippen LogP contribution in [0.15, 0.2) is 85.2 Å². The minimum Gasteiger partial charge on any atom is -0.478 e. The Hall–Kier alpha value is -3.87. The van der Waals surface area contributed by atoms with Crippen molar-refractivity contribution in [3.05, 3.63) is 109 Å². The summed E-state index contributed by atoms with van der Waals surface area (Å²) in [5.41, 5.74) is 3.59. The summed E-state index contributed by atoms with van der Waals surface area (Å²) in [4.78, 5) is 27.6. The highest BCUT2D eigenvalue weighted by molar-refractivity contribution is 6.31. The minimum absolute atomic E-state index is 0.269. The third kappa shape index (κ3) is 4.01. The number of benzene rings is 3. The van der Waals surface area contributed by atoms with E-state index in [-0.39, 0.29) is 5.56 Å². The lowest BCUT2D eigenvalue weighted by atomic mass is 9.99. The van der Waals surface area contributed by atoms with E-state index in [1.807, 2.05) is 12.1 Å². The molecule has 0 amide bonds. The number of halogens is 1. The zero-order valence-corrected chi connectivity index (χ0v) is 19.6. The molecule has 1 aliphatic heterocycles. The van der Waals surface area contributed by atoms with Crippen molar-refractivity contribution < 1.29 is 13.6 Å². The molecule has 0 radical (unpaired) electrons. The molecule has 0 saturated heterocycles. The second-order valence-corrected chi connectivity index (χ2v) is 9.21. The van der Waals surface area contributed by atoms with Gasteiger partial charge in [0.15, 0.2) is 0 Å². The Labute approximate surface area is 204 Å². The molecule has 6 rings (SSSR count). The number of fused-ring (bicyclic) bond motifs is 4. The van der Waals surface area contributed by atoms with E-state index < -0.39 is 11.3 Å². The molecule has 0 unspecified atom stereocenters. The summed E-state index contributed by atoms with van der Waals surface area (Å²) in [5.74, 6) is 0.662. The van der Waals surface area contributed by atoms with Crippen LogP contribution in [0.4, 0.5) is 0 Å². The molecule has 5 aromatic rings. The molecular formula is C28H20ClNO5. The van der Waals surface area contributed by atoms with Gasteiger partial charge in [0.25, 0.3) is 0 Å². The Morgan fingerprint density at radius 3 is 2.57 bits per heavy atom. The third-order valence-electron chi connectivity index (χ3n) is 6.27. The maximum Gasteiger partial charge on any atom is 0.344 e. The Kier molecular flexibility index (Phi) is 5.20. The van der Waals surface area contributed by atoms with Gasteiger partial charge in [-0.2, -0.15) is 0 Å². The number of aryl methyl sites for hydroxylation is 1. The molecule has 0 aliphatic carbocycles. The Bertz CT molecular complexity index is 1720. The van der Waals surface area contributed by atoms with Crippen LogP contribution < -0.4 is 16.0 Å². The van der Waals surface area contributed by atoms with E-state index in [0.29, 0.717) is 58.1 Å². The highest BCUT2D eigenvalue weighted by atomic mass is 35.5. The molecule has 35 heavy (non-hydrogen) atoms. The summed E-state index contributed by atoms with van der Waals surface area (Å²) in [6.07, 6.45) is 0. The molecule has 0 bridgehead atoms. The van der Waals surface area contributed by atoms with E-state index >= 15 is 0 Å². The van der Waals surface area contributed by atoms with Gasteiger partial charge in [-0.25, -0.2) is 9.59 Å². The van der Waals surface area contributed by atoms with Gasteiger partial charge in [-0.1, -0.05) is 41.4 Å². The molecule has 1 aliphatic rings. The average Bonchev–Trinajstić information content (AvgIpc) is 2.85. The maximum absolute atomic E-state index is 12.9. The van der Waals surface area contributed by atoms with Gasteiger partial charge in [0.1, 0.15) is 23.6 Å². The summed E-state index contributed by atoms with van der Waals surface area (Å²) in [6.45, 7) is 3.70. The SMILES string of the molecule is Cc1ccc(CN2COc3ccc4c(-c5cc6cc(Cl)ccc6oc5=O)cc(=O)oc4c3C2)cc1. The summed E-state index contributed by atoms with van der Waals surface area (Å²) in [6, 6.07) is 20.1. The second-order valence-electron chi connectivity index (χ2n) is 8.77. The van der Waals surface area contributed by atoms with Gasteiger partial charge >= 0.3 is 11.3 Å². The van der Waals surface area contributed by atoms with Crippen LogP contribution in [0.3, 0.4) is 0 Å². The largest absolute Gasteiger partial charge is 0.478 e. The van der Waals surface area contributed by atoms with Crippen LogP contribution in [0.1, 0.15) is 16.7 Å². The minimum atomic E-state index is -0.554. The third-order valence-corrected chi connectivity index (χ3v) is 6.50. The zero-order valence-electron chi connectivity index (χ0n) is 18.8. The van der Waals surface area contributed by atoms with Gasteiger partial charge in [-0.05, 0) is 48.9 Å².